The van der Waals surface area contributed by atoms with E-state index in [4.69, 9.17) is 10.2 Å². The maximum atomic E-state index is 12.8. The van der Waals surface area contributed by atoms with Gasteiger partial charge in [-0.15, -0.1) is 0 Å². The Morgan fingerprint density at radius 2 is 1.41 bits per heavy atom. The van der Waals surface area contributed by atoms with Crippen molar-refractivity contribution in [3.05, 3.63) is 101 Å². The molecule has 2 aromatic carbocycles. The minimum atomic E-state index is -1.05. The van der Waals surface area contributed by atoms with Crippen molar-refractivity contribution in [2.45, 2.75) is 13.8 Å². The highest BCUT2D eigenvalue weighted by Gasteiger charge is 2.28. The van der Waals surface area contributed by atoms with Gasteiger partial charge in [0.15, 0.2) is 0 Å². The fourth-order valence-electron chi connectivity index (χ4n) is 3.65. The van der Waals surface area contributed by atoms with E-state index in [9.17, 15) is 19.5 Å². The molecule has 186 valence electrons. The van der Waals surface area contributed by atoms with Gasteiger partial charge in [-0.3, -0.25) is 4.79 Å². The molecule has 1 amide bonds. The van der Waals surface area contributed by atoms with Gasteiger partial charge in [-0.05, 0) is 74.5 Å². The zero-order chi connectivity index (χ0) is 26.7. The van der Waals surface area contributed by atoms with Crippen LogP contribution in [0.4, 0.5) is 5.69 Å². The van der Waals surface area contributed by atoms with E-state index in [1.807, 2.05) is 0 Å². The summed E-state index contributed by atoms with van der Waals surface area (Å²) in [4.78, 5) is 34.9. The summed E-state index contributed by atoms with van der Waals surface area (Å²) in [6.45, 7) is 3.44. The molecule has 0 atom stereocenters. The SMILES string of the molecule is CC1=NN(c2ccc(C(=O)O)cc2)C(=O)/C1=C\C=CC=Cc1c(C)nn(-c2ccc(C(=O)O)cc2)c1O. The minimum Gasteiger partial charge on any atom is -0.493 e. The van der Waals surface area contributed by atoms with Crippen molar-refractivity contribution in [1.82, 2.24) is 9.78 Å². The number of allylic oxidation sites excluding steroid dienone is 4. The molecular weight excluding hydrogens is 476 g/mol. The van der Waals surface area contributed by atoms with Gasteiger partial charge in [0.05, 0.1) is 45.0 Å². The molecule has 0 fully saturated rings. The summed E-state index contributed by atoms with van der Waals surface area (Å²) in [5.41, 5.74) is 3.19. The Kier molecular flexibility index (Phi) is 6.83. The smallest absolute Gasteiger partial charge is 0.335 e. The Balaban J connectivity index is 1.47. The van der Waals surface area contributed by atoms with Crippen molar-refractivity contribution in [2.24, 2.45) is 5.10 Å². The first kappa shape index (κ1) is 24.9. The molecule has 1 aromatic heterocycles. The predicted octanol–water partition coefficient (Wildman–Crippen LogP) is 4.20. The lowest BCUT2D eigenvalue weighted by Gasteiger charge is -2.11. The number of carboxylic acids is 2. The Hall–Kier alpha value is -5.25. The molecule has 37 heavy (non-hydrogen) atoms. The number of hydrazone groups is 1. The molecule has 10 nitrogen and oxygen atoms in total. The first-order valence-electron chi connectivity index (χ1n) is 11.1. The molecule has 0 spiro atoms. The number of carboxylic acid groups (broad SMARTS) is 2. The lowest BCUT2D eigenvalue weighted by atomic mass is 10.1. The summed E-state index contributed by atoms with van der Waals surface area (Å²) in [7, 11) is 0. The van der Waals surface area contributed by atoms with E-state index in [2.05, 4.69) is 10.2 Å². The Bertz CT molecular complexity index is 1510. The van der Waals surface area contributed by atoms with Gasteiger partial charge in [0.25, 0.3) is 5.91 Å². The normalized spacial score (nSPS) is 14.8. The number of nitrogens with zero attached hydrogens (tertiary/aromatic N) is 4. The summed E-state index contributed by atoms with van der Waals surface area (Å²) in [5.74, 6) is -2.52. The second-order valence-electron chi connectivity index (χ2n) is 8.07. The molecule has 1 aliphatic rings. The highest BCUT2D eigenvalue weighted by atomic mass is 16.4. The number of anilines is 1. The molecule has 0 aliphatic carbocycles. The first-order chi connectivity index (χ1) is 17.7. The molecule has 3 aromatic rings. The molecule has 0 radical (unpaired) electrons. The largest absolute Gasteiger partial charge is 0.493 e. The Morgan fingerprint density at radius 1 is 0.838 bits per heavy atom. The maximum absolute atomic E-state index is 12.8. The van der Waals surface area contributed by atoms with Crippen LogP contribution in [-0.2, 0) is 4.79 Å². The summed E-state index contributed by atoms with van der Waals surface area (Å²) >= 11 is 0. The van der Waals surface area contributed by atoms with Crippen LogP contribution in [0.25, 0.3) is 11.8 Å². The van der Waals surface area contributed by atoms with Crippen molar-refractivity contribution >= 4 is 35.3 Å². The third-order valence-corrected chi connectivity index (χ3v) is 5.61. The lowest BCUT2D eigenvalue weighted by molar-refractivity contribution is -0.114. The van der Waals surface area contributed by atoms with Crippen LogP contribution in [0.15, 0.2) is 83.5 Å². The first-order valence-corrected chi connectivity index (χ1v) is 11.1. The quantitative estimate of drug-likeness (QED) is 0.327. The van der Waals surface area contributed by atoms with Gasteiger partial charge in [0.1, 0.15) is 0 Å². The maximum Gasteiger partial charge on any atom is 0.335 e. The monoisotopic (exact) mass is 498 g/mol. The number of aromatic nitrogens is 2. The van der Waals surface area contributed by atoms with Crippen molar-refractivity contribution in [1.29, 1.82) is 0 Å². The number of aryl methyl sites for hydroxylation is 1. The number of carbonyl (C=O) groups excluding carboxylic acids is 1. The molecule has 0 saturated carbocycles. The van der Waals surface area contributed by atoms with Crippen LogP contribution in [0, 0.1) is 6.92 Å². The second-order valence-corrected chi connectivity index (χ2v) is 8.07. The number of benzene rings is 2. The molecule has 3 N–H and O–H groups in total. The fourth-order valence-corrected chi connectivity index (χ4v) is 3.65. The molecule has 0 bridgehead atoms. The van der Waals surface area contributed by atoms with Gasteiger partial charge in [-0.1, -0.05) is 18.2 Å². The number of hydrogen-bond acceptors (Lipinski definition) is 6. The highest BCUT2D eigenvalue weighted by molar-refractivity contribution is 6.29. The number of rotatable bonds is 7. The number of amides is 1. The standard InChI is InChI=1S/C27H22N4O6/c1-16-22(24(32)30(28-16)20-12-8-18(9-13-20)26(34)35)6-4-3-5-7-23-17(2)29-31(25(23)33)21-14-10-19(11-15-21)27(36)37/h3-15,32H,1-2H3,(H,34,35)(H,36,37)/b5-3?,6-4?,23-7-. The Morgan fingerprint density at radius 3 is 1.97 bits per heavy atom. The van der Waals surface area contributed by atoms with Crippen LogP contribution in [0.1, 0.15) is 38.9 Å². The van der Waals surface area contributed by atoms with E-state index in [-0.39, 0.29) is 22.9 Å². The molecule has 0 saturated heterocycles. The van der Waals surface area contributed by atoms with Gasteiger partial charge in [0, 0.05) is 0 Å². The van der Waals surface area contributed by atoms with Gasteiger partial charge in [-0.2, -0.15) is 15.2 Å². The fraction of sp³-hybridized carbons (Fsp3) is 0.0741. The molecule has 10 heteroatoms. The number of hydrogen-bond donors (Lipinski definition) is 3. The van der Waals surface area contributed by atoms with Crippen LogP contribution in [0.3, 0.4) is 0 Å². The van der Waals surface area contributed by atoms with E-state index in [0.717, 1.165) is 0 Å². The second kappa shape index (κ2) is 10.2. The van der Waals surface area contributed by atoms with E-state index in [1.54, 1.807) is 56.4 Å². The third-order valence-electron chi connectivity index (χ3n) is 5.61. The molecule has 2 heterocycles. The van der Waals surface area contributed by atoms with Crippen LogP contribution >= 0.6 is 0 Å². The number of aromatic carboxylic acids is 2. The average molecular weight is 498 g/mol. The molecule has 4 rings (SSSR count). The summed E-state index contributed by atoms with van der Waals surface area (Å²) in [6.07, 6.45) is 8.34. The molecule has 1 aliphatic heterocycles. The zero-order valence-corrected chi connectivity index (χ0v) is 19.9. The summed E-state index contributed by atoms with van der Waals surface area (Å²) < 4.78 is 1.32. The minimum absolute atomic E-state index is 0.0953. The number of aromatic hydroxyl groups is 1. The zero-order valence-electron chi connectivity index (χ0n) is 19.9. The predicted molar refractivity (Wildman–Crippen MR) is 137 cm³/mol. The molecule has 0 unspecified atom stereocenters. The number of carbonyl (C=O) groups is 3. The topological polar surface area (TPSA) is 145 Å². The van der Waals surface area contributed by atoms with Gasteiger partial charge < -0.3 is 15.3 Å². The van der Waals surface area contributed by atoms with E-state index >= 15 is 0 Å². The van der Waals surface area contributed by atoms with Crippen LogP contribution < -0.4 is 5.01 Å². The highest BCUT2D eigenvalue weighted by Crippen LogP contribution is 2.27. The van der Waals surface area contributed by atoms with Crippen molar-refractivity contribution in [2.75, 3.05) is 5.01 Å². The van der Waals surface area contributed by atoms with Crippen molar-refractivity contribution in [3.63, 3.8) is 0 Å². The van der Waals surface area contributed by atoms with Crippen LogP contribution in [0.5, 0.6) is 5.88 Å². The average Bonchev–Trinajstić information content (AvgIpc) is 3.33. The van der Waals surface area contributed by atoms with Crippen LogP contribution in [0.2, 0.25) is 0 Å². The summed E-state index contributed by atoms with van der Waals surface area (Å²) in [5, 5.41) is 38.5. The molecular formula is C27H22N4O6. The van der Waals surface area contributed by atoms with E-state index < -0.39 is 11.9 Å². The summed E-state index contributed by atoms with van der Waals surface area (Å²) in [6, 6.07) is 11.8. The van der Waals surface area contributed by atoms with Crippen molar-refractivity contribution in [3.8, 4) is 11.6 Å². The third kappa shape index (κ3) is 5.08. The Labute approximate surface area is 211 Å². The van der Waals surface area contributed by atoms with Crippen LogP contribution in [-0.4, -0.2) is 48.7 Å². The van der Waals surface area contributed by atoms with Gasteiger partial charge in [-0.25, -0.2) is 14.3 Å². The van der Waals surface area contributed by atoms with E-state index in [1.165, 1.54) is 46.1 Å². The van der Waals surface area contributed by atoms with Crippen molar-refractivity contribution < 1.29 is 29.7 Å². The van der Waals surface area contributed by atoms with E-state index in [0.29, 0.717) is 33.9 Å². The van der Waals surface area contributed by atoms with Gasteiger partial charge >= 0.3 is 11.9 Å². The van der Waals surface area contributed by atoms with Gasteiger partial charge in [0.2, 0.25) is 5.88 Å². The lowest BCUT2D eigenvalue weighted by Crippen LogP contribution is -2.21.